The van der Waals surface area contributed by atoms with Crippen LogP contribution in [0.15, 0.2) is 41.6 Å². The summed E-state index contributed by atoms with van der Waals surface area (Å²) in [6.45, 7) is 0. The summed E-state index contributed by atoms with van der Waals surface area (Å²) in [7, 11) is -2.49. The number of hydrogen-bond donors (Lipinski definition) is 2. The van der Waals surface area contributed by atoms with Gasteiger partial charge in [0, 0.05) is 13.2 Å². The van der Waals surface area contributed by atoms with Crippen molar-refractivity contribution in [1.82, 2.24) is 4.98 Å². The van der Waals surface area contributed by atoms with E-state index in [9.17, 15) is 12.8 Å². The van der Waals surface area contributed by atoms with E-state index in [2.05, 4.69) is 15.0 Å². The first-order chi connectivity index (χ1) is 9.99. The van der Waals surface area contributed by atoms with Gasteiger partial charge in [-0.3, -0.25) is 4.72 Å². The summed E-state index contributed by atoms with van der Waals surface area (Å²) in [6.07, 6.45) is 1.33. The van der Waals surface area contributed by atoms with Crippen molar-refractivity contribution in [3.63, 3.8) is 0 Å². The number of aromatic nitrogens is 1. The minimum absolute atomic E-state index is 0.134. The summed E-state index contributed by atoms with van der Waals surface area (Å²) in [5.74, 6) is -0.799. The topological polar surface area (TPSA) is 94.9 Å². The third kappa shape index (κ3) is 2.93. The van der Waals surface area contributed by atoms with Crippen LogP contribution in [0, 0.1) is 17.1 Å². The molecule has 1 aromatic heterocycles. The van der Waals surface area contributed by atoms with E-state index in [1.165, 1.54) is 18.3 Å². The molecule has 0 aliphatic rings. The zero-order valence-corrected chi connectivity index (χ0v) is 11.8. The van der Waals surface area contributed by atoms with Crippen LogP contribution >= 0.6 is 0 Å². The molecule has 0 bridgehead atoms. The molecular weight excluding hydrogens is 295 g/mol. The Hall–Kier alpha value is -2.66. The van der Waals surface area contributed by atoms with E-state index >= 15 is 0 Å². The van der Waals surface area contributed by atoms with E-state index in [4.69, 9.17) is 5.26 Å². The Morgan fingerprint density at radius 2 is 1.95 bits per heavy atom. The molecule has 0 unspecified atom stereocenters. The van der Waals surface area contributed by atoms with Crippen LogP contribution in [0.3, 0.4) is 0 Å². The smallest absolute Gasteiger partial charge is 0.281 e. The Morgan fingerprint density at radius 1 is 1.24 bits per heavy atom. The molecule has 0 saturated heterocycles. The minimum atomic E-state index is -4.05. The molecule has 0 saturated carbocycles. The van der Waals surface area contributed by atoms with Crippen molar-refractivity contribution in [2.75, 3.05) is 17.1 Å². The zero-order chi connectivity index (χ0) is 15.5. The second-order valence-corrected chi connectivity index (χ2v) is 5.58. The third-order valence-corrected chi connectivity index (χ3v) is 3.99. The van der Waals surface area contributed by atoms with E-state index in [0.717, 1.165) is 6.07 Å². The van der Waals surface area contributed by atoms with E-state index < -0.39 is 15.8 Å². The molecule has 2 N–H and O–H groups in total. The van der Waals surface area contributed by atoms with Crippen molar-refractivity contribution in [2.45, 2.75) is 5.03 Å². The number of nitriles is 1. The van der Waals surface area contributed by atoms with Gasteiger partial charge in [0.25, 0.3) is 10.0 Å². The van der Waals surface area contributed by atoms with Gasteiger partial charge in [0.1, 0.15) is 17.4 Å². The average Bonchev–Trinajstić information content (AvgIpc) is 2.47. The molecule has 1 heterocycles. The Morgan fingerprint density at radius 3 is 2.62 bits per heavy atom. The molecule has 1 aromatic carbocycles. The Balaban J connectivity index is 2.48. The number of sulfonamides is 1. The highest BCUT2D eigenvalue weighted by Gasteiger charge is 2.21. The molecule has 0 radical (unpaired) electrons. The van der Waals surface area contributed by atoms with E-state index in [1.54, 1.807) is 25.2 Å². The van der Waals surface area contributed by atoms with Gasteiger partial charge in [0.2, 0.25) is 0 Å². The van der Waals surface area contributed by atoms with E-state index in [0.29, 0.717) is 5.69 Å². The lowest BCUT2D eigenvalue weighted by molar-refractivity contribution is 0.598. The van der Waals surface area contributed by atoms with Crippen molar-refractivity contribution < 1.29 is 12.8 Å². The highest BCUT2D eigenvalue weighted by Crippen LogP contribution is 2.24. The second-order valence-electron chi connectivity index (χ2n) is 3.99. The van der Waals surface area contributed by atoms with Gasteiger partial charge in [-0.1, -0.05) is 6.07 Å². The van der Waals surface area contributed by atoms with Crippen LogP contribution in [0.1, 0.15) is 5.56 Å². The molecule has 0 amide bonds. The van der Waals surface area contributed by atoms with Crippen LogP contribution in [0.5, 0.6) is 0 Å². The van der Waals surface area contributed by atoms with Gasteiger partial charge in [-0.15, -0.1) is 0 Å². The maximum Gasteiger partial charge on any atom is 0.281 e. The molecule has 6 nitrogen and oxygen atoms in total. The molecule has 8 heteroatoms. The average molecular weight is 306 g/mol. The largest absolute Gasteiger partial charge is 0.386 e. The van der Waals surface area contributed by atoms with Crippen LogP contribution in [0.4, 0.5) is 15.8 Å². The first-order valence-corrected chi connectivity index (χ1v) is 7.32. The highest BCUT2D eigenvalue weighted by atomic mass is 32.2. The molecule has 0 atom stereocenters. The maximum absolute atomic E-state index is 13.5. The van der Waals surface area contributed by atoms with Gasteiger partial charge in [-0.05, 0) is 24.3 Å². The number of hydrogen-bond acceptors (Lipinski definition) is 5. The van der Waals surface area contributed by atoms with Crippen LogP contribution < -0.4 is 10.0 Å². The summed E-state index contributed by atoms with van der Waals surface area (Å²) in [5, 5.41) is 11.4. The summed E-state index contributed by atoms with van der Waals surface area (Å²) >= 11 is 0. The quantitative estimate of drug-likeness (QED) is 0.900. The number of anilines is 2. The normalized spacial score (nSPS) is 10.7. The fraction of sp³-hybridized carbons (Fsp3) is 0.0769. The number of benzene rings is 1. The summed E-state index contributed by atoms with van der Waals surface area (Å²) in [5.41, 5.74) is -0.215. The van der Waals surface area contributed by atoms with Crippen LogP contribution in [0.25, 0.3) is 0 Å². The number of pyridine rings is 1. The molecule has 0 spiro atoms. The lowest BCUT2D eigenvalue weighted by atomic mass is 10.2. The Labute approximate surface area is 121 Å². The Bertz CT molecular complexity index is 815. The van der Waals surface area contributed by atoms with Crippen LogP contribution in [-0.4, -0.2) is 20.4 Å². The van der Waals surface area contributed by atoms with Gasteiger partial charge >= 0.3 is 0 Å². The van der Waals surface area contributed by atoms with Crippen molar-refractivity contribution >= 4 is 21.4 Å². The van der Waals surface area contributed by atoms with Crippen molar-refractivity contribution in [3.8, 4) is 6.07 Å². The summed E-state index contributed by atoms with van der Waals surface area (Å²) in [6, 6.07) is 8.44. The summed E-state index contributed by atoms with van der Waals surface area (Å²) < 4.78 is 40.3. The van der Waals surface area contributed by atoms with Crippen LogP contribution in [-0.2, 0) is 10.0 Å². The lowest BCUT2D eigenvalue weighted by Gasteiger charge is -2.11. The van der Waals surface area contributed by atoms with Crippen LogP contribution in [0.2, 0.25) is 0 Å². The predicted octanol–water partition coefficient (Wildman–Crippen LogP) is 1.93. The van der Waals surface area contributed by atoms with E-state index in [1.807, 2.05) is 0 Å². The number of halogens is 1. The third-order valence-electron chi connectivity index (χ3n) is 2.66. The predicted molar refractivity (Wildman–Crippen MR) is 75.7 cm³/mol. The van der Waals surface area contributed by atoms with Crippen molar-refractivity contribution in [3.05, 3.63) is 47.9 Å². The van der Waals surface area contributed by atoms with E-state index in [-0.39, 0.29) is 16.3 Å². The molecule has 0 aliphatic heterocycles. The van der Waals surface area contributed by atoms with Gasteiger partial charge < -0.3 is 5.32 Å². The van der Waals surface area contributed by atoms with Gasteiger partial charge in [0.15, 0.2) is 5.03 Å². The molecule has 0 fully saturated rings. The maximum atomic E-state index is 13.5. The fourth-order valence-electron chi connectivity index (χ4n) is 1.71. The molecular formula is C13H11FN4O2S. The molecule has 2 aromatic rings. The van der Waals surface area contributed by atoms with Gasteiger partial charge in [-0.25, -0.2) is 9.37 Å². The minimum Gasteiger partial charge on any atom is -0.386 e. The fourth-order valence-corrected chi connectivity index (χ4v) is 2.93. The first kappa shape index (κ1) is 14.7. The first-order valence-electron chi connectivity index (χ1n) is 5.84. The van der Waals surface area contributed by atoms with Crippen molar-refractivity contribution in [2.24, 2.45) is 0 Å². The molecule has 21 heavy (non-hydrogen) atoms. The van der Waals surface area contributed by atoms with Crippen molar-refractivity contribution in [1.29, 1.82) is 5.26 Å². The lowest BCUT2D eigenvalue weighted by Crippen LogP contribution is -2.17. The van der Waals surface area contributed by atoms with Gasteiger partial charge in [0.05, 0.1) is 11.4 Å². The molecule has 0 aliphatic carbocycles. The Kier molecular flexibility index (Phi) is 4.05. The second kappa shape index (κ2) is 5.76. The zero-order valence-electron chi connectivity index (χ0n) is 11.0. The molecule has 108 valence electrons. The number of rotatable bonds is 4. The molecule has 2 rings (SSSR count). The highest BCUT2D eigenvalue weighted by molar-refractivity contribution is 7.92. The standard InChI is InChI=1S/C13H11FN4O2S/c1-16-12-6-3-7-17-13(12)21(19,20)18-11-5-2-4-10(14)9(11)8-15/h2-7,16,18H,1H3. The summed E-state index contributed by atoms with van der Waals surface area (Å²) in [4.78, 5) is 3.81. The number of nitrogens with zero attached hydrogens (tertiary/aromatic N) is 2. The SMILES string of the molecule is CNc1cccnc1S(=O)(=O)Nc1cccc(F)c1C#N. The monoisotopic (exact) mass is 306 g/mol. The number of nitrogens with one attached hydrogen (secondary N) is 2. The van der Waals surface area contributed by atoms with Gasteiger partial charge in [-0.2, -0.15) is 13.7 Å².